The molecule has 0 radical (unpaired) electrons. The van der Waals surface area contributed by atoms with Crippen molar-refractivity contribution in [3.63, 3.8) is 0 Å². The van der Waals surface area contributed by atoms with E-state index < -0.39 is 18.5 Å². The van der Waals surface area contributed by atoms with E-state index in [0.717, 1.165) is 0 Å². The van der Waals surface area contributed by atoms with Gasteiger partial charge < -0.3 is 10.6 Å². The number of carbonyl (C=O) groups excluding carboxylic acids is 1. The van der Waals surface area contributed by atoms with Gasteiger partial charge in [-0.3, -0.25) is 4.79 Å². The van der Waals surface area contributed by atoms with Crippen LogP contribution in [0.25, 0.3) is 0 Å². The average molecular weight is 232 g/mol. The molecule has 1 rings (SSSR count). The Bertz CT molecular complexity index is 377. The molecule has 0 aliphatic carbocycles. The minimum absolute atomic E-state index is 0.333. The Morgan fingerprint density at radius 1 is 1.25 bits per heavy atom. The van der Waals surface area contributed by atoms with Crippen LogP contribution in [0.15, 0.2) is 24.3 Å². The van der Waals surface area contributed by atoms with Crippen LogP contribution in [-0.2, 0) is 4.79 Å². The maximum Gasteiger partial charge on any atom is 0.397 e. The minimum Gasteiger partial charge on any atom is -0.386 e. The normalized spacial score (nSPS) is 11.0. The largest absolute Gasteiger partial charge is 0.397 e. The summed E-state index contributed by atoms with van der Waals surface area (Å²) in [6, 6.07) is 6.53. The van der Waals surface area contributed by atoms with Crippen LogP contribution in [0, 0.1) is 0 Å². The summed E-state index contributed by atoms with van der Waals surface area (Å²) in [6.45, 7) is 0. The second-order valence-electron chi connectivity index (χ2n) is 3.14. The number of halogens is 3. The number of anilines is 2. The van der Waals surface area contributed by atoms with Gasteiger partial charge in [0, 0.05) is 7.05 Å². The van der Waals surface area contributed by atoms with Crippen LogP contribution in [0.3, 0.4) is 0 Å². The van der Waals surface area contributed by atoms with Crippen molar-refractivity contribution < 1.29 is 18.0 Å². The van der Waals surface area contributed by atoms with E-state index in [-0.39, 0.29) is 0 Å². The first kappa shape index (κ1) is 12.4. The molecular formula is C10H11F3N2O. The number of hydrogen-bond donors (Lipinski definition) is 2. The van der Waals surface area contributed by atoms with Crippen LogP contribution in [0.2, 0.25) is 0 Å². The summed E-state index contributed by atoms with van der Waals surface area (Å²) < 4.78 is 35.7. The highest BCUT2D eigenvalue weighted by Gasteiger charge is 2.31. The molecule has 0 aliphatic rings. The average Bonchev–Trinajstić information content (AvgIpc) is 2.15. The maximum absolute atomic E-state index is 11.9. The molecule has 88 valence electrons. The minimum atomic E-state index is -4.49. The van der Waals surface area contributed by atoms with Gasteiger partial charge in [-0.15, -0.1) is 0 Å². The molecule has 0 unspecified atom stereocenters. The Morgan fingerprint density at radius 2 is 1.81 bits per heavy atom. The predicted octanol–water partition coefficient (Wildman–Crippen LogP) is 2.62. The highest BCUT2D eigenvalue weighted by molar-refractivity contribution is 5.94. The molecule has 6 heteroatoms. The van der Waals surface area contributed by atoms with Crippen LogP contribution < -0.4 is 10.6 Å². The molecule has 1 aromatic carbocycles. The van der Waals surface area contributed by atoms with Gasteiger partial charge in [0.1, 0.15) is 6.42 Å². The second-order valence-corrected chi connectivity index (χ2v) is 3.14. The van der Waals surface area contributed by atoms with Gasteiger partial charge in [-0.25, -0.2) is 0 Å². The first-order valence-corrected chi connectivity index (χ1v) is 4.56. The molecule has 1 amide bonds. The highest BCUT2D eigenvalue weighted by atomic mass is 19.4. The molecule has 0 spiro atoms. The Kier molecular flexibility index (Phi) is 3.76. The zero-order valence-electron chi connectivity index (χ0n) is 8.56. The van der Waals surface area contributed by atoms with Crippen molar-refractivity contribution in [1.29, 1.82) is 0 Å². The Hall–Kier alpha value is -1.72. The summed E-state index contributed by atoms with van der Waals surface area (Å²) in [5.74, 6) is -1.07. The monoisotopic (exact) mass is 232 g/mol. The molecule has 0 bridgehead atoms. The van der Waals surface area contributed by atoms with Gasteiger partial charge >= 0.3 is 6.18 Å². The third kappa shape index (κ3) is 3.80. The molecule has 0 saturated carbocycles. The van der Waals surface area contributed by atoms with E-state index in [4.69, 9.17) is 0 Å². The van der Waals surface area contributed by atoms with Crippen LogP contribution in [0.5, 0.6) is 0 Å². The Morgan fingerprint density at radius 3 is 2.31 bits per heavy atom. The maximum atomic E-state index is 11.9. The molecule has 0 atom stereocenters. The third-order valence-corrected chi connectivity index (χ3v) is 1.83. The zero-order valence-corrected chi connectivity index (χ0v) is 8.56. The van der Waals surface area contributed by atoms with Gasteiger partial charge in [0.15, 0.2) is 0 Å². The van der Waals surface area contributed by atoms with E-state index in [1.165, 1.54) is 6.07 Å². The van der Waals surface area contributed by atoms with Crippen molar-refractivity contribution >= 4 is 17.3 Å². The summed E-state index contributed by atoms with van der Waals surface area (Å²) in [4.78, 5) is 11.0. The van der Waals surface area contributed by atoms with Crippen LogP contribution in [0.1, 0.15) is 6.42 Å². The van der Waals surface area contributed by atoms with E-state index >= 15 is 0 Å². The van der Waals surface area contributed by atoms with Crippen LogP contribution in [-0.4, -0.2) is 19.1 Å². The van der Waals surface area contributed by atoms with Gasteiger partial charge in [0.25, 0.3) is 0 Å². The smallest absolute Gasteiger partial charge is 0.386 e. The van der Waals surface area contributed by atoms with Gasteiger partial charge in [0.2, 0.25) is 5.91 Å². The summed E-state index contributed by atoms with van der Waals surface area (Å²) in [7, 11) is 1.62. The first-order valence-electron chi connectivity index (χ1n) is 4.56. The fourth-order valence-electron chi connectivity index (χ4n) is 1.19. The highest BCUT2D eigenvalue weighted by Crippen LogP contribution is 2.23. The molecule has 2 N–H and O–H groups in total. The number of rotatable bonds is 3. The lowest BCUT2D eigenvalue weighted by Crippen LogP contribution is -2.21. The van der Waals surface area contributed by atoms with Gasteiger partial charge in [0.05, 0.1) is 11.4 Å². The molecular weight excluding hydrogens is 221 g/mol. The van der Waals surface area contributed by atoms with Crippen LogP contribution in [0.4, 0.5) is 24.5 Å². The molecule has 0 saturated heterocycles. The Balaban J connectivity index is 2.70. The predicted molar refractivity (Wildman–Crippen MR) is 55.3 cm³/mol. The summed E-state index contributed by atoms with van der Waals surface area (Å²) >= 11 is 0. The molecule has 0 aliphatic heterocycles. The quantitative estimate of drug-likeness (QED) is 0.841. The SMILES string of the molecule is CNc1ccccc1NC(=O)CC(F)(F)F. The molecule has 0 aromatic heterocycles. The van der Waals surface area contributed by atoms with Crippen molar-refractivity contribution in [2.75, 3.05) is 17.7 Å². The van der Waals surface area contributed by atoms with Gasteiger partial charge in [-0.1, -0.05) is 12.1 Å². The third-order valence-electron chi connectivity index (χ3n) is 1.83. The number of nitrogens with one attached hydrogen (secondary N) is 2. The lowest BCUT2D eigenvalue weighted by Gasteiger charge is -2.11. The fraction of sp³-hybridized carbons (Fsp3) is 0.300. The van der Waals surface area contributed by atoms with Crippen LogP contribution >= 0.6 is 0 Å². The molecule has 1 aromatic rings. The topological polar surface area (TPSA) is 41.1 Å². The molecule has 16 heavy (non-hydrogen) atoms. The van der Waals surface area contributed by atoms with Crippen molar-refractivity contribution in [3.05, 3.63) is 24.3 Å². The van der Waals surface area contributed by atoms with Crippen molar-refractivity contribution in [3.8, 4) is 0 Å². The number of hydrogen-bond acceptors (Lipinski definition) is 2. The number of carbonyl (C=O) groups is 1. The summed E-state index contributed by atoms with van der Waals surface area (Å²) in [5, 5.41) is 4.96. The van der Waals surface area contributed by atoms with Gasteiger partial charge in [-0.05, 0) is 12.1 Å². The van der Waals surface area contributed by atoms with E-state index in [1.54, 1.807) is 25.2 Å². The Labute approximate surface area is 90.6 Å². The van der Waals surface area contributed by atoms with Crippen molar-refractivity contribution in [1.82, 2.24) is 0 Å². The standard InChI is InChI=1S/C10H11F3N2O/c1-14-7-4-2-3-5-8(7)15-9(16)6-10(11,12)13/h2-5,14H,6H2,1H3,(H,15,16). The van der Waals surface area contributed by atoms with E-state index in [9.17, 15) is 18.0 Å². The lowest BCUT2D eigenvalue weighted by atomic mass is 10.2. The van der Waals surface area contributed by atoms with Crippen molar-refractivity contribution in [2.45, 2.75) is 12.6 Å². The fourth-order valence-corrected chi connectivity index (χ4v) is 1.19. The number of amides is 1. The number of benzene rings is 1. The molecule has 0 fully saturated rings. The zero-order chi connectivity index (χ0) is 12.2. The molecule has 0 heterocycles. The van der Waals surface area contributed by atoms with Crippen molar-refractivity contribution in [2.24, 2.45) is 0 Å². The second kappa shape index (κ2) is 4.87. The van der Waals surface area contributed by atoms with E-state index in [2.05, 4.69) is 10.6 Å². The number of alkyl halides is 3. The van der Waals surface area contributed by atoms with Gasteiger partial charge in [-0.2, -0.15) is 13.2 Å². The number of para-hydroxylation sites is 2. The lowest BCUT2D eigenvalue weighted by molar-refractivity contribution is -0.150. The first-order chi connectivity index (χ1) is 7.42. The summed E-state index contributed by atoms with van der Waals surface area (Å²) in [6.07, 6.45) is -5.97. The van der Waals surface area contributed by atoms with E-state index in [1.807, 2.05) is 0 Å². The summed E-state index contributed by atoms with van der Waals surface area (Å²) in [5.41, 5.74) is 0.900. The molecule has 3 nitrogen and oxygen atoms in total. The van der Waals surface area contributed by atoms with E-state index in [0.29, 0.717) is 11.4 Å².